The Kier molecular flexibility index (Phi) is 4.54. The highest BCUT2D eigenvalue weighted by molar-refractivity contribution is 5.86. The molecule has 3 heteroatoms. The van der Waals surface area contributed by atoms with Crippen molar-refractivity contribution in [1.29, 1.82) is 0 Å². The molecule has 0 spiro atoms. The number of fused-ring (bicyclic) bond motifs is 1. The average Bonchev–Trinajstić information content (AvgIpc) is 2.54. The third-order valence-electron chi connectivity index (χ3n) is 4.21. The Morgan fingerprint density at radius 2 is 2.05 bits per heavy atom. The number of ether oxygens (including phenoxy) is 1. The highest BCUT2D eigenvalue weighted by Gasteiger charge is 2.28. The van der Waals surface area contributed by atoms with E-state index in [-0.39, 0.29) is 6.10 Å². The molecule has 2 unspecified atom stereocenters. The molecule has 2 atom stereocenters. The van der Waals surface area contributed by atoms with E-state index in [1.165, 1.54) is 0 Å². The van der Waals surface area contributed by atoms with E-state index >= 15 is 0 Å². The maximum atomic E-state index is 10.8. The van der Waals surface area contributed by atoms with Gasteiger partial charge in [0.05, 0.1) is 6.61 Å². The predicted molar refractivity (Wildman–Crippen MR) is 85.4 cm³/mol. The van der Waals surface area contributed by atoms with Gasteiger partial charge in [0.15, 0.2) is 0 Å². The quantitative estimate of drug-likeness (QED) is 0.937. The first-order valence-corrected chi connectivity index (χ1v) is 7.79. The molecule has 3 rings (SSSR count). The Morgan fingerprint density at radius 3 is 2.90 bits per heavy atom. The number of aliphatic hydroxyl groups excluding tert-OH is 1. The van der Waals surface area contributed by atoms with Gasteiger partial charge in [-0.1, -0.05) is 49.4 Å². The van der Waals surface area contributed by atoms with Gasteiger partial charge in [-0.25, -0.2) is 0 Å². The summed E-state index contributed by atoms with van der Waals surface area (Å²) in [6.07, 6.45) is 0.420. The summed E-state index contributed by atoms with van der Waals surface area (Å²) < 4.78 is 5.83. The summed E-state index contributed by atoms with van der Waals surface area (Å²) in [6, 6.07) is 14.3. The largest absolute Gasteiger partial charge is 0.386 e. The van der Waals surface area contributed by atoms with Crippen LogP contribution in [0.25, 0.3) is 10.8 Å². The molecule has 0 saturated carbocycles. The molecule has 21 heavy (non-hydrogen) atoms. The van der Waals surface area contributed by atoms with Gasteiger partial charge < -0.3 is 9.84 Å². The number of aliphatic hydroxyl groups is 1. The minimum atomic E-state index is -0.573. The Bertz CT molecular complexity index is 591. The van der Waals surface area contributed by atoms with Crippen molar-refractivity contribution in [2.45, 2.75) is 25.6 Å². The fourth-order valence-corrected chi connectivity index (χ4v) is 3.15. The van der Waals surface area contributed by atoms with Crippen LogP contribution in [0.5, 0.6) is 0 Å². The molecule has 3 nitrogen and oxygen atoms in total. The smallest absolute Gasteiger partial charge is 0.107 e. The number of nitrogens with zero attached hydrogens (tertiary/aromatic N) is 1. The molecule has 1 aliphatic rings. The molecule has 1 aliphatic heterocycles. The van der Waals surface area contributed by atoms with E-state index in [4.69, 9.17) is 4.74 Å². The Hall–Kier alpha value is -1.42. The fraction of sp³-hybridized carbons (Fsp3) is 0.444. The first kappa shape index (κ1) is 14.5. The fourth-order valence-electron chi connectivity index (χ4n) is 3.15. The zero-order valence-electron chi connectivity index (χ0n) is 12.5. The second-order valence-electron chi connectivity index (χ2n) is 5.72. The maximum absolute atomic E-state index is 10.8. The molecule has 1 fully saturated rings. The molecule has 0 amide bonds. The van der Waals surface area contributed by atoms with Crippen LogP contribution in [-0.4, -0.2) is 42.4 Å². The predicted octanol–water partition coefficient (Wildman–Crippen LogP) is 2.98. The first-order valence-electron chi connectivity index (χ1n) is 7.79. The van der Waals surface area contributed by atoms with Crippen LogP contribution in [0.1, 0.15) is 25.0 Å². The molecule has 0 bridgehead atoms. The summed E-state index contributed by atoms with van der Waals surface area (Å²) in [4.78, 5) is 2.38. The van der Waals surface area contributed by atoms with Gasteiger partial charge in [-0.3, -0.25) is 4.90 Å². The molecule has 0 radical (unpaired) electrons. The highest BCUT2D eigenvalue weighted by atomic mass is 16.5. The molecular weight excluding hydrogens is 262 g/mol. The van der Waals surface area contributed by atoms with Crippen LogP contribution in [0, 0.1) is 0 Å². The normalized spacial score (nSPS) is 21.5. The van der Waals surface area contributed by atoms with Crippen LogP contribution in [0.3, 0.4) is 0 Å². The molecule has 112 valence electrons. The molecule has 2 aromatic rings. The Morgan fingerprint density at radius 1 is 1.24 bits per heavy atom. The van der Waals surface area contributed by atoms with E-state index in [9.17, 15) is 5.11 Å². The maximum Gasteiger partial charge on any atom is 0.107 e. The van der Waals surface area contributed by atoms with Gasteiger partial charge in [0, 0.05) is 13.1 Å². The van der Waals surface area contributed by atoms with E-state index in [0.717, 1.165) is 42.4 Å². The summed E-state index contributed by atoms with van der Waals surface area (Å²) in [7, 11) is 0. The second-order valence-corrected chi connectivity index (χ2v) is 5.72. The van der Waals surface area contributed by atoms with Crippen molar-refractivity contribution in [2.24, 2.45) is 0 Å². The van der Waals surface area contributed by atoms with E-state index in [2.05, 4.69) is 30.0 Å². The zero-order chi connectivity index (χ0) is 14.7. The van der Waals surface area contributed by atoms with Crippen LogP contribution < -0.4 is 0 Å². The average molecular weight is 285 g/mol. The molecule has 0 aliphatic carbocycles. The topological polar surface area (TPSA) is 32.7 Å². The molecule has 0 aromatic heterocycles. The van der Waals surface area contributed by atoms with E-state index in [1.54, 1.807) is 0 Å². The van der Waals surface area contributed by atoms with Gasteiger partial charge in [0.2, 0.25) is 0 Å². The lowest BCUT2D eigenvalue weighted by atomic mass is 9.96. The van der Waals surface area contributed by atoms with Crippen LogP contribution in [0.4, 0.5) is 0 Å². The van der Waals surface area contributed by atoms with E-state index < -0.39 is 6.10 Å². The molecule has 2 aromatic carbocycles. The summed E-state index contributed by atoms with van der Waals surface area (Å²) in [5.74, 6) is 0. The monoisotopic (exact) mass is 285 g/mol. The SMILES string of the molecule is CCCN1CCOC(C(O)c2cccc3ccccc23)C1. The summed E-state index contributed by atoms with van der Waals surface area (Å²) in [6.45, 7) is 5.73. The van der Waals surface area contributed by atoms with Crippen LogP contribution in [0.15, 0.2) is 42.5 Å². The molecular formula is C18H23NO2. The lowest BCUT2D eigenvalue weighted by Crippen LogP contribution is -2.45. The third-order valence-corrected chi connectivity index (χ3v) is 4.21. The zero-order valence-corrected chi connectivity index (χ0v) is 12.5. The van der Waals surface area contributed by atoms with Crippen molar-refractivity contribution >= 4 is 10.8 Å². The van der Waals surface area contributed by atoms with E-state index in [0.29, 0.717) is 6.61 Å². The summed E-state index contributed by atoms with van der Waals surface area (Å²) in [5, 5.41) is 13.1. The number of hydrogen-bond donors (Lipinski definition) is 1. The van der Waals surface area contributed by atoms with Crippen LogP contribution in [0.2, 0.25) is 0 Å². The van der Waals surface area contributed by atoms with Gasteiger partial charge in [-0.2, -0.15) is 0 Å². The van der Waals surface area contributed by atoms with Gasteiger partial charge in [-0.15, -0.1) is 0 Å². The van der Waals surface area contributed by atoms with E-state index in [1.807, 2.05) is 24.3 Å². The van der Waals surface area contributed by atoms with Crippen molar-refractivity contribution < 1.29 is 9.84 Å². The van der Waals surface area contributed by atoms with Crippen molar-refractivity contribution in [3.05, 3.63) is 48.0 Å². The van der Waals surface area contributed by atoms with Crippen molar-refractivity contribution in [1.82, 2.24) is 4.90 Å². The van der Waals surface area contributed by atoms with Crippen molar-refractivity contribution in [2.75, 3.05) is 26.2 Å². The summed E-state index contributed by atoms with van der Waals surface area (Å²) in [5.41, 5.74) is 0.969. The van der Waals surface area contributed by atoms with Gasteiger partial charge in [-0.05, 0) is 29.3 Å². The van der Waals surface area contributed by atoms with Gasteiger partial charge in [0.1, 0.15) is 12.2 Å². The number of morpholine rings is 1. The number of hydrogen-bond acceptors (Lipinski definition) is 3. The second kappa shape index (κ2) is 6.56. The molecule has 1 N–H and O–H groups in total. The Balaban J connectivity index is 1.84. The summed E-state index contributed by atoms with van der Waals surface area (Å²) >= 11 is 0. The standard InChI is InChI=1S/C18H23NO2/c1-2-10-19-11-12-21-17(13-19)18(20)16-9-5-7-14-6-3-4-8-15(14)16/h3-9,17-18,20H,2,10-13H2,1H3. The lowest BCUT2D eigenvalue weighted by Gasteiger charge is -2.35. The number of benzene rings is 2. The van der Waals surface area contributed by atoms with Gasteiger partial charge in [0.25, 0.3) is 0 Å². The van der Waals surface area contributed by atoms with Crippen LogP contribution in [-0.2, 0) is 4.74 Å². The van der Waals surface area contributed by atoms with Crippen molar-refractivity contribution in [3.63, 3.8) is 0 Å². The third kappa shape index (κ3) is 3.10. The van der Waals surface area contributed by atoms with Crippen LogP contribution >= 0.6 is 0 Å². The first-order chi connectivity index (χ1) is 10.3. The minimum absolute atomic E-state index is 0.142. The minimum Gasteiger partial charge on any atom is -0.386 e. The Labute approximate surface area is 126 Å². The molecule has 1 saturated heterocycles. The molecule has 1 heterocycles. The lowest BCUT2D eigenvalue weighted by molar-refractivity contribution is -0.0894. The number of rotatable bonds is 4. The highest BCUT2D eigenvalue weighted by Crippen LogP contribution is 2.28. The van der Waals surface area contributed by atoms with Gasteiger partial charge >= 0.3 is 0 Å². The van der Waals surface area contributed by atoms with Crippen molar-refractivity contribution in [3.8, 4) is 0 Å².